The van der Waals surface area contributed by atoms with E-state index in [1.54, 1.807) is 18.7 Å². The van der Waals surface area contributed by atoms with Crippen LogP contribution in [0.5, 0.6) is 0 Å². The van der Waals surface area contributed by atoms with Crippen LogP contribution in [-0.2, 0) is 9.53 Å². The number of carbonyl (C=O) groups is 2. The maximum Gasteiger partial charge on any atom is 0.338 e. The first-order valence-corrected chi connectivity index (χ1v) is 9.27. The van der Waals surface area contributed by atoms with Crippen molar-refractivity contribution in [1.29, 1.82) is 0 Å². The highest BCUT2D eigenvalue weighted by Crippen LogP contribution is 2.32. The van der Waals surface area contributed by atoms with Gasteiger partial charge in [-0.15, -0.1) is 0 Å². The second-order valence-corrected chi connectivity index (χ2v) is 7.17. The molecule has 0 radical (unpaired) electrons. The third-order valence-corrected chi connectivity index (χ3v) is 4.96. The molecular weight excluding hydrogens is 380 g/mol. The van der Waals surface area contributed by atoms with E-state index in [2.05, 4.69) is 33.5 Å². The predicted octanol–water partition coefficient (Wildman–Crippen LogP) is 3.37. The quantitative estimate of drug-likeness (QED) is 0.569. The molecule has 5 nitrogen and oxygen atoms in total. The van der Waals surface area contributed by atoms with Crippen molar-refractivity contribution in [3.63, 3.8) is 0 Å². The lowest BCUT2D eigenvalue weighted by molar-refractivity contribution is -0.138. The average molecular weight is 399 g/mol. The number of amides is 2. The predicted molar refractivity (Wildman–Crippen MR) is 95.2 cm³/mol. The van der Waals surface area contributed by atoms with Gasteiger partial charge in [0.1, 0.15) is 6.61 Å². The summed E-state index contributed by atoms with van der Waals surface area (Å²) in [5.41, 5.74) is 1.76. The van der Waals surface area contributed by atoms with Gasteiger partial charge in [0, 0.05) is 15.9 Å². The molecule has 0 aromatic heterocycles. The van der Waals surface area contributed by atoms with Crippen molar-refractivity contribution in [2.45, 2.75) is 19.9 Å². The Hall–Kier alpha value is -1.47. The van der Waals surface area contributed by atoms with Crippen molar-refractivity contribution in [1.82, 2.24) is 10.6 Å². The molecule has 1 aliphatic heterocycles. The Morgan fingerprint density at radius 1 is 1.39 bits per heavy atom. The summed E-state index contributed by atoms with van der Waals surface area (Å²) in [7, 11) is 0. The number of hydrogen-bond donors (Lipinski definition) is 2. The summed E-state index contributed by atoms with van der Waals surface area (Å²) < 4.78 is 6.18. The van der Waals surface area contributed by atoms with Crippen LogP contribution in [0.15, 0.2) is 40.0 Å². The van der Waals surface area contributed by atoms with E-state index in [9.17, 15) is 9.59 Å². The van der Waals surface area contributed by atoms with E-state index < -0.39 is 12.0 Å². The fourth-order valence-corrected chi connectivity index (χ4v) is 3.33. The minimum atomic E-state index is -0.536. The molecule has 1 atom stereocenters. The highest BCUT2D eigenvalue weighted by atomic mass is 79.9. The molecule has 0 aliphatic carbocycles. The van der Waals surface area contributed by atoms with E-state index >= 15 is 0 Å². The number of urea groups is 1. The van der Waals surface area contributed by atoms with Crippen LogP contribution in [0.2, 0.25) is 0 Å². The molecule has 0 spiro atoms. The summed E-state index contributed by atoms with van der Waals surface area (Å²) in [5.74, 6) is 1.33. The first-order valence-electron chi connectivity index (χ1n) is 7.32. The minimum absolute atomic E-state index is 0.332. The molecule has 0 fully saturated rings. The number of allylic oxidation sites excluding steroid dienone is 1. The second-order valence-electron chi connectivity index (χ2n) is 4.92. The van der Waals surface area contributed by atoms with E-state index in [0.29, 0.717) is 17.9 Å². The van der Waals surface area contributed by atoms with Crippen molar-refractivity contribution in [3.8, 4) is 0 Å². The van der Waals surface area contributed by atoms with E-state index in [1.807, 2.05) is 24.3 Å². The topological polar surface area (TPSA) is 67.4 Å². The minimum Gasteiger partial charge on any atom is -0.461 e. The third-order valence-electron chi connectivity index (χ3n) is 3.37. The van der Waals surface area contributed by atoms with Gasteiger partial charge in [-0.1, -0.05) is 41.1 Å². The lowest BCUT2D eigenvalue weighted by atomic mass is 9.96. The first-order chi connectivity index (χ1) is 11.0. The molecule has 1 aliphatic rings. The van der Waals surface area contributed by atoms with Crippen LogP contribution >= 0.6 is 27.7 Å². The Morgan fingerprint density at radius 2 is 2.13 bits per heavy atom. The molecule has 2 amide bonds. The molecule has 0 saturated heterocycles. The number of carbonyl (C=O) groups excluding carboxylic acids is 2. The molecule has 1 aromatic carbocycles. The molecule has 0 bridgehead atoms. The van der Waals surface area contributed by atoms with Crippen LogP contribution in [-0.4, -0.2) is 30.1 Å². The van der Waals surface area contributed by atoms with Gasteiger partial charge in [0.15, 0.2) is 0 Å². The van der Waals surface area contributed by atoms with E-state index in [-0.39, 0.29) is 6.03 Å². The zero-order valence-electron chi connectivity index (χ0n) is 13.0. The average Bonchev–Trinajstić information content (AvgIpc) is 2.51. The summed E-state index contributed by atoms with van der Waals surface area (Å²) in [6.45, 7) is 4.12. The largest absolute Gasteiger partial charge is 0.461 e. The molecular formula is C16H19BrN2O3S. The van der Waals surface area contributed by atoms with Gasteiger partial charge < -0.3 is 15.4 Å². The number of thioether (sulfide) groups is 1. The first kappa shape index (κ1) is 17.9. The Labute approximate surface area is 148 Å². The monoisotopic (exact) mass is 398 g/mol. The van der Waals surface area contributed by atoms with E-state index in [1.165, 1.54) is 0 Å². The van der Waals surface area contributed by atoms with Gasteiger partial charge in [0.05, 0.1) is 11.6 Å². The van der Waals surface area contributed by atoms with Gasteiger partial charge >= 0.3 is 12.0 Å². The van der Waals surface area contributed by atoms with Gasteiger partial charge in [0.2, 0.25) is 0 Å². The second kappa shape index (κ2) is 8.40. The van der Waals surface area contributed by atoms with Crippen LogP contribution in [0.4, 0.5) is 4.79 Å². The summed E-state index contributed by atoms with van der Waals surface area (Å²) in [6, 6.07) is 6.62. The standard InChI is InChI=1S/C16H19BrN2O3S/c1-3-23-9-8-22-15(20)13-10(2)18-16(21)19-14(13)11-6-4-5-7-12(11)17/h4-7,14H,3,8-9H2,1-2H3,(H2,18,19,21)/t14-/m0/s1. The Bertz CT molecular complexity index is 634. The van der Waals surface area contributed by atoms with Crippen molar-refractivity contribution in [3.05, 3.63) is 45.6 Å². The Balaban J connectivity index is 2.25. The maximum atomic E-state index is 12.5. The molecule has 2 rings (SSSR count). The smallest absolute Gasteiger partial charge is 0.338 e. The fourth-order valence-electron chi connectivity index (χ4n) is 2.32. The van der Waals surface area contributed by atoms with Gasteiger partial charge in [0.25, 0.3) is 0 Å². The van der Waals surface area contributed by atoms with Crippen molar-refractivity contribution < 1.29 is 14.3 Å². The number of hydrogen-bond acceptors (Lipinski definition) is 4. The lowest BCUT2D eigenvalue weighted by Gasteiger charge is -2.28. The van der Waals surface area contributed by atoms with Gasteiger partial charge in [-0.05, 0) is 24.3 Å². The van der Waals surface area contributed by atoms with Crippen LogP contribution < -0.4 is 10.6 Å². The van der Waals surface area contributed by atoms with Crippen molar-refractivity contribution in [2.24, 2.45) is 0 Å². The normalized spacial score (nSPS) is 17.5. The Kier molecular flexibility index (Phi) is 6.53. The summed E-state index contributed by atoms with van der Waals surface area (Å²) >= 11 is 5.18. The van der Waals surface area contributed by atoms with Crippen LogP contribution in [0.3, 0.4) is 0 Å². The van der Waals surface area contributed by atoms with E-state index in [0.717, 1.165) is 21.5 Å². The lowest BCUT2D eigenvalue weighted by Crippen LogP contribution is -2.45. The van der Waals surface area contributed by atoms with Crippen molar-refractivity contribution in [2.75, 3.05) is 18.1 Å². The highest BCUT2D eigenvalue weighted by molar-refractivity contribution is 9.10. The van der Waals surface area contributed by atoms with Crippen LogP contribution in [0.1, 0.15) is 25.5 Å². The van der Waals surface area contributed by atoms with Crippen LogP contribution in [0.25, 0.3) is 0 Å². The molecule has 2 N–H and O–H groups in total. The van der Waals surface area contributed by atoms with Gasteiger partial charge in [-0.2, -0.15) is 11.8 Å². The number of benzene rings is 1. The van der Waals surface area contributed by atoms with Gasteiger partial charge in [-0.25, -0.2) is 9.59 Å². The summed E-state index contributed by atoms with van der Waals surface area (Å²) in [4.78, 5) is 24.3. The SMILES string of the molecule is CCSCCOC(=O)C1=C(C)NC(=O)N[C@H]1c1ccccc1Br. The third kappa shape index (κ3) is 4.51. The molecule has 7 heteroatoms. The number of halogens is 1. The highest BCUT2D eigenvalue weighted by Gasteiger charge is 2.33. The summed E-state index contributed by atoms with van der Waals surface area (Å²) in [6.07, 6.45) is 0. The van der Waals surface area contributed by atoms with Gasteiger partial charge in [-0.3, -0.25) is 0 Å². The molecule has 23 heavy (non-hydrogen) atoms. The van der Waals surface area contributed by atoms with Crippen molar-refractivity contribution >= 4 is 39.7 Å². The van der Waals surface area contributed by atoms with E-state index in [4.69, 9.17) is 4.74 Å². The Morgan fingerprint density at radius 3 is 2.83 bits per heavy atom. The van der Waals surface area contributed by atoms with Crippen LogP contribution in [0, 0.1) is 0 Å². The molecule has 124 valence electrons. The molecule has 1 aromatic rings. The number of nitrogens with one attached hydrogen (secondary N) is 2. The number of rotatable bonds is 6. The molecule has 1 heterocycles. The molecule has 0 saturated carbocycles. The zero-order chi connectivity index (χ0) is 16.8. The zero-order valence-corrected chi connectivity index (χ0v) is 15.4. The maximum absolute atomic E-state index is 12.5. The summed E-state index contributed by atoms with van der Waals surface area (Å²) in [5, 5.41) is 5.43. The number of esters is 1. The fraction of sp³-hybridized carbons (Fsp3) is 0.375. The number of ether oxygens (including phenoxy) is 1. The molecule has 0 unspecified atom stereocenters.